The van der Waals surface area contributed by atoms with Crippen molar-refractivity contribution >= 4 is 5.91 Å². The van der Waals surface area contributed by atoms with Crippen LogP contribution >= 0.6 is 0 Å². The summed E-state index contributed by atoms with van der Waals surface area (Å²) in [5.74, 6) is 0.506. The van der Waals surface area contributed by atoms with Gasteiger partial charge in [-0.25, -0.2) is 0 Å². The molecular formula is C20H24N2O2. The number of aromatic nitrogens is 1. The number of carbonyl (C=O) groups excluding carboxylic acids is 1. The fourth-order valence-corrected chi connectivity index (χ4v) is 3.45. The summed E-state index contributed by atoms with van der Waals surface area (Å²) in [6, 6.07) is 12.0. The number of carbonyl (C=O) groups is 1. The maximum Gasteiger partial charge on any atom is 0.254 e. The minimum atomic E-state index is 0.0637. The minimum Gasteiger partial charge on any atom is -0.379 e. The Morgan fingerprint density at radius 3 is 2.71 bits per heavy atom. The number of rotatable bonds is 4. The highest BCUT2D eigenvalue weighted by Crippen LogP contribution is 2.26. The number of amides is 1. The van der Waals surface area contributed by atoms with E-state index >= 15 is 0 Å². The van der Waals surface area contributed by atoms with Gasteiger partial charge in [0, 0.05) is 38.2 Å². The molecule has 1 aliphatic rings. The molecular weight excluding hydrogens is 300 g/mol. The second kappa shape index (κ2) is 7.58. The van der Waals surface area contributed by atoms with Crippen LogP contribution < -0.4 is 0 Å². The summed E-state index contributed by atoms with van der Waals surface area (Å²) in [6.07, 6.45) is 5.36. The van der Waals surface area contributed by atoms with E-state index in [1.165, 1.54) is 11.1 Å². The third-order valence-corrected chi connectivity index (χ3v) is 4.96. The molecule has 2 atom stereocenters. The highest BCUT2D eigenvalue weighted by atomic mass is 16.5. The van der Waals surface area contributed by atoms with E-state index in [0.717, 1.165) is 19.4 Å². The molecule has 2 aromatic rings. The number of ether oxygens (including phenoxy) is 1. The molecule has 1 saturated heterocycles. The summed E-state index contributed by atoms with van der Waals surface area (Å²) in [7, 11) is 1.75. The summed E-state index contributed by atoms with van der Waals surface area (Å²) in [4.78, 5) is 18.5. The molecule has 2 heterocycles. The Bertz CT molecular complexity index is 687. The molecule has 0 radical (unpaired) electrons. The van der Waals surface area contributed by atoms with Crippen LogP contribution in [0.5, 0.6) is 0 Å². The first-order valence-corrected chi connectivity index (χ1v) is 8.45. The van der Waals surface area contributed by atoms with Crippen LogP contribution in [0.4, 0.5) is 0 Å². The van der Waals surface area contributed by atoms with E-state index < -0.39 is 0 Å². The van der Waals surface area contributed by atoms with E-state index in [4.69, 9.17) is 4.74 Å². The zero-order valence-electron chi connectivity index (χ0n) is 14.3. The topological polar surface area (TPSA) is 42.4 Å². The van der Waals surface area contributed by atoms with Crippen molar-refractivity contribution in [2.45, 2.75) is 25.9 Å². The maximum atomic E-state index is 12.6. The summed E-state index contributed by atoms with van der Waals surface area (Å²) in [5.41, 5.74) is 3.39. The van der Waals surface area contributed by atoms with Crippen molar-refractivity contribution in [3.8, 4) is 0 Å². The van der Waals surface area contributed by atoms with Crippen molar-refractivity contribution in [3.63, 3.8) is 0 Å². The number of pyridine rings is 1. The van der Waals surface area contributed by atoms with Crippen LogP contribution in [0.1, 0.15) is 27.9 Å². The number of piperidine rings is 1. The van der Waals surface area contributed by atoms with Gasteiger partial charge in [0.1, 0.15) is 0 Å². The second-order valence-corrected chi connectivity index (χ2v) is 6.44. The molecule has 1 aromatic carbocycles. The Hall–Kier alpha value is -2.20. The SMILES string of the molecule is CO[C@H]1CN(C(=O)c2ccncc2)CC[C@@H]1Cc1ccccc1C. The number of likely N-dealkylation sites (tertiary alicyclic amines) is 1. The molecule has 0 N–H and O–H groups in total. The Morgan fingerprint density at radius 2 is 2.00 bits per heavy atom. The lowest BCUT2D eigenvalue weighted by molar-refractivity contribution is -0.00700. The summed E-state index contributed by atoms with van der Waals surface area (Å²) in [6.45, 7) is 3.57. The molecule has 0 aliphatic carbocycles. The first kappa shape index (κ1) is 16.7. The van der Waals surface area contributed by atoms with Crippen LogP contribution in [-0.2, 0) is 11.2 Å². The Balaban J connectivity index is 1.68. The van der Waals surface area contributed by atoms with Crippen molar-refractivity contribution in [2.24, 2.45) is 5.92 Å². The van der Waals surface area contributed by atoms with Gasteiger partial charge in [0.05, 0.1) is 6.10 Å². The van der Waals surface area contributed by atoms with Crippen molar-refractivity contribution < 1.29 is 9.53 Å². The molecule has 0 unspecified atom stereocenters. The molecule has 1 fully saturated rings. The van der Waals surface area contributed by atoms with E-state index in [9.17, 15) is 4.79 Å². The molecule has 24 heavy (non-hydrogen) atoms. The van der Waals surface area contributed by atoms with Gasteiger partial charge < -0.3 is 9.64 Å². The second-order valence-electron chi connectivity index (χ2n) is 6.44. The van der Waals surface area contributed by atoms with Crippen LogP contribution in [0.2, 0.25) is 0 Å². The van der Waals surface area contributed by atoms with Gasteiger partial charge in [0.2, 0.25) is 0 Å². The first-order valence-electron chi connectivity index (χ1n) is 8.45. The Morgan fingerprint density at radius 1 is 1.25 bits per heavy atom. The van der Waals surface area contributed by atoms with Crippen LogP contribution in [0.3, 0.4) is 0 Å². The van der Waals surface area contributed by atoms with Gasteiger partial charge in [-0.2, -0.15) is 0 Å². The van der Waals surface area contributed by atoms with E-state index in [1.54, 1.807) is 31.6 Å². The molecule has 126 valence electrons. The predicted molar refractivity (Wildman–Crippen MR) is 93.9 cm³/mol. The fourth-order valence-electron chi connectivity index (χ4n) is 3.45. The Labute approximate surface area is 143 Å². The first-order chi connectivity index (χ1) is 11.7. The van der Waals surface area contributed by atoms with E-state index in [0.29, 0.717) is 18.0 Å². The highest BCUT2D eigenvalue weighted by Gasteiger charge is 2.32. The fraction of sp³-hybridized carbons (Fsp3) is 0.400. The molecule has 0 spiro atoms. The molecule has 1 aromatic heterocycles. The number of methoxy groups -OCH3 is 1. The number of benzene rings is 1. The lowest BCUT2D eigenvalue weighted by Gasteiger charge is -2.38. The average molecular weight is 324 g/mol. The van der Waals surface area contributed by atoms with Crippen LogP contribution in [-0.4, -0.2) is 42.1 Å². The lowest BCUT2D eigenvalue weighted by Crippen LogP contribution is -2.48. The monoisotopic (exact) mass is 324 g/mol. The summed E-state index contributed by atoms with van der Waals surface area (Å²) < 4.78 is 5.73. The summed E-state index contributed by atoms with van der Waals surface area (Å²) >= 11 is 0. The minimum absolute atomic E-state index is 0.0637. The summed E-state index contributed by atoms with van der Waals surface area (Å²) in [5, 5.41) is 0. The molecule has 1 aliphatic heterocycles. The van der Waals surface area contributed by atoms with Crippen LogP contribution in [0.25, 0.3) is 0 Å². The average Bonchev–Trinajstić information content (AvgIpc) is 2.64. The van der Waals surface area contributed by atoms with Gasteiger partial charge in [0.25, 0.3) is 5.91 Å². The predicted octanol–water partition coefficient (Wildman–Crippen LogP) is 3.11. The zero-order valence-corrected chi connectivity index (χ0v) is 14.3. The largest absolute Gasteiger partial charge is 0.379 e. The van der Waals surface area contributed by atoms with Crippen molar-refractivity contribution in [1.29, 1.82) is 0 Å². The lowest BCUT2D eigenvalue weighted by atomic mass is 9.86. The highest BCUT2D eigenvalue weighted by molar-refractivity contribution is 5.94. The molecule has 4 heteroatoms. The third-order valence-electron chi connectivity index (χ3n) is 4.96. The van der Waals surface area contributed by atoms with Gasteiger partial charge in [-0.1, -0.05) is 24.3 Å². The van der Waals surface area contributed by atoms with Gasteiger partial charge in [0.15, 0.2) is 0 Å². The van der Waals surface area contributed by atoms with Crippen LogP contribution in [0, 0.1) is 12.8 Å². The van der Waals surface area contributed by atoms with E-state index in [2.05, 4.69) is 36.2 Å². The van der Waals surface area contributed by atoms with Gasteiger partial charge in [-0.15, -0.1) is 0 Å². The van der Waals surface area contributed by atoms with Crippen molar-refractivity contribution in [1.82, 2.24) is 9.88 Å². The molecule has 4 nitrogen and oxygen atoms in total. The van der Waals surface area contributed by atoms with Gasteiger partial charge in [-0.05, 0) is 48.9 Å². The van der Waals surface area contributed by atoms with Crippen molar-refractivity contribution in [2.75, 3.05) is 20.2 Å². The zero-order chi connectivity index (χ0) is 16.9. The number of hydrogen-bond acceptors (Lipinski definition) is 3. The standard InChI is InChI=1S/C20H24N2O2/c1-15-5-3-4-6-17(15)13-18-9-12-22(14-19(18)24-2)20(23)16-7-10-21-11-8-16/h3-8,10-11,18-19H,9,12-14H2,1-2H3/t18-,19+/m1/s1. The molecule has 3 rings (SSSR count). The smallest absolute Gasteiger partial charge is 0.254 e. The number of nitrogens with zero attached hydrogens (tertiary/aromatic N) is 2. The van der Waals surface area contributed by atoms with E-state index in [1.807, 2.05) is 4.90 Å². The molecule has 1 amide bonds. The van der Waals surface area contributed by atoms with Gasteiger partial charge in [-0.3, -0.25) is 9.78 Å². The molecule has 0 bridgehead atoms. The quantitative estimate of drug-likeness (QED) is 0.868. The van der Waals surface area contributed by atoms with E-state index in [-0.39, 0.29) is 12.0 Å². The number of hydrogen-bond donors (Lipinski definition) is 0. The van der Waals surface area contributed by atoms with Crippen molar-refractivity contribution in [3.05, 3.63) is 65.5 Å². The number of aryl methyl sites for hydroxylation is 1. The Kier molecular flexibility index (Phi) is 5.26. The van der Waals surface area contributed by atoms with Gasteiger partial charge >= 0.3 is 0 Å². The maximum absolute atomic E-state index is 12.6. The normalized spacial score (nSPS) is 20.8. The molecule has 0 saturated carbocycles. The third kappa shape index (κ3) is 3.65. The van der Waals surface area contributed by atoms with Crippen LogP contribution in [0.15, 0.2) is 48.8 Å².